The minimum Gasteiger partial charge on any atom is -0.441 e. The number of aryl methyl sites for hydroxylation is 2. The second kappa shape index (κ2) is 6.78. The Kier molecular flexibility index (Phi) is 4.68. The maximum atomic E-state index is 12.4. The van der Waals surface area contributed by atoms with Crippen LogP contribution in [0.1, 0.15) is 53.8 Å². The molecule has 2 aromatic heterocycles. The molecule has 0 radical (unpaired) electrons. The van der Waals surface area contributed by atoms with E-state index < -0.39 is 0 Å². The third-order valence-corrected chi connectivity index (χ3v) is 4.29. The van der Waals surface area contributed by atoms with E-state index in [4.69, 9.17) is 4.42 Å². The number of amides is 1. The number of oxazole rings is 1. The molecule has 0 aliphatic rings. The zero-order valence-electron chi connectivity index (χ0n) is 15.8. The molecule has 0 atom stereocenters. The van der Waals surface area contributed by atoms with Gasteiger partial charge in [0.25, 0.3) is 5.91 Å². The van der Waals surface area contributed by atoms with Crippen molar-refractivity contribution in [1.82, 2.24) is 20.5 Å². The third-order valence-electron chi connectivity index (χ3n) is 4.29. The van der Waals surface area contributed by atoms with E-state index in [9.17, 15) is 4.79 Å². The van der Waals surface area contributed by atoms with Crippen LogP contribution in [0.4, 0.5) is 0 Å². The lowest BCUT2D eigenvalue weighted by Gasteiger charge is -2.17. The van der Waals surface area contributed by atoms with E-state index >= 15 is 0 Å². The molecule has 6 heteroatoms. The summed E-state index contributed by atoms with van der Waals surface area (Å²) in [4.78, 5) is 16.8. The fourth-order valence-corrected chi connectivity index (χ4v) is 2.74. The Morgan fingerprint density at radius 3 is 2.46 bits per heavy atom. The average Bonchev–Trinajstić information content (AvgIpc) is 3.20. The number of carbonyl (C=O) groups excluding carboxylic acids is 1. The molecule has 0 fully saturated rings. The molecule has 1 amide bonds. The highest BCUT2D eigenvalue weighted by molar-refractivity contribution is 5.94. The van der Waals surface area contributed by atoms with E-state index in [-0.39, 0.29) is 11.3 Å². The lowest BCUT2D eigenvalue weighted by atomic mass is 9.89. The van der Waals surface area contributed by atoms with Crippen molar-refractivity contribution in [2.75, 3.05) is 0 Å². The second-order valence-electron chi connectivity index (χ2n) is 7.43. The van der Waals surface area contributed by atoms with Crippen LogP contribution in [0.5, 0.6) is 0 Å². The van der Waals surface area contributed by atoms with Gasteiger partial charge in [-0.1, -0.05) is 20.8 Å². The standard InChI is InChI=1S/C20H24N4O2/c1-12-13(2)26-19(23-12)15-8-6-14(7-9-15)18(25)21-10-16-11-22-24-17(16)20(3,4)5/h6-9,11H,10H2,1-5H3,(H,21,25)(H,22,24). The predicted molar refractivity (Wildman–Crippen MR) is 99.9 cm³/mol. The van der Waals surface area contributed by atoms with Crippen molar-refractivity contribution in [1.29, 1.82) is 0 Å². The lowest BCUT2D eigenvalue weighted by molar-refractivity contribution is 0.0950. The summed E-state index contributed by atoms with van der Waals surface area (Å²) in [7, 11) is 0. The molecule has 6 nitrogen and oxygen atoms in total. The van der Waals surface area contributed by atoms with Gasteiger partial charge in [-0.2, -0.15) is 5.10 Å². The SMILES string of the molecule is Cc1nc(-c2ccc(C(=O)NCc3c[nH]nc3C(C)(C)C)cc2)oc1C. The lowest BCUT2D eigenvalue weighted by Crippen LogP contribution is -2.24. The van der Waals surface area contributed by atoms with Gasteiger partial charge in [0, 0.05) is 34.8 Å². The highest BCUT2D eigenvalue weighted by Crippen LogP contribution is 2.24. The number of hydrogen-bond acceptors (Lipinski definition) is 4. The van der Waals surface area contributed by atoms with E-state index in [2.05, 4.69) is 41.3 Å². The monoisotopic (exact) mass is 352 g/mol. The van der Waals surface area contributed by atoms with E-state index in [0.29, 0.717) is 18.0 Å². The number of H-pyrrole nitrogens is 1. The number of carbonyl (C=O) groups is 1. The highest BCUT2D eigenvalue weighted by Gasteiger charge is 2.21. The molecule has 0 saturated heterocycles. The number of aromatic nitrogens is 3. The van der Waals surface area contributed by atoms with Gasteiger partial charge in [-0.05, 0) is 38.1 Å². The molecule has 1 aromatic carbocycles. The van der Waals surface area contributed by atoms with Crippen molar-refractivity contribution < 1.29 is 9.21 Å². The number of nitrogens with one attached hydrogen (secondary N) is 2. The normalized spacial score (nSPS) is 11.6. The zero-order valence-corrected chi connectivity index (χ0v) is 15.8. The molecule has 3 aromatic rings. The number of hydrogen-bond donors (Lipinski definition) is 2. The fraction of sp³-hybridized carbons (Fsp3) is 0.350. The molecule has 0 aliphatic heterocycles. The molecule has 0 unspecified atom stereocenters. The Balaban J connectivity index is 1.68. The topological polar surface area (TPSA) is 83.8 Å². The molecule has 0 aliphatic carbocycles. The molecule has 136 valence electrons. The minimum absolute atomic E-state index is 0.0754. The average molecular weight is 352 g/mol. The van der Waals surface area contributed by atoms with Gasteiger partial charge >= 0.3 is 0 Å². The summed E-state index contributed by atoms with van der Waals surface area (Å²) in [6.45, 7) is 10.5. The maximum absolute atomic E-state index is 12.4. The minimum atomic E-state index is -0.127. The van der Waals surface area contributed by atoms with Crippen LogP contribution in [0.15, 0.2) is 34.9 Å². The molecule has 2 N–H and O–H groups in total. The summed E-state index contributed by atoms with van der Waals surface area (Å²) in [6.07, 6.45) is 1.83. The van der Waals surface area contributed by atoms with Gasteiger partial charge in [0.2, 0.25) is 5.89 Å². The van der Waals surface area contributed by atoms with E-state index in [1.165, 1.54) is 0 Å². The van der Waals surface area contributed by atoms with Crippen molar-refractivity contribution in [2.24, 2.45) is 0 Å². The summed E-state index contributed by atoms with van der Waals surface area (Å²) < 4.78 is 5.62. The predicted octanol–water partition coefficient (Wildman–Crippen LogP) is 3.91. The van der Waals surface area contributed by atoms with Crippen molar-refractivity contribution in [3.05, 3.63) is 58.7 Å². The molecular formula is C20H24N4O2. The molecule has 2 heterocycles. The molecule has 3 rings (SSSR count). The zero-order chi connectivity index (χ0) is 18.9. The van der Waals surface area contributed by atoms with Crippen LogP contribution in [0.25, 0.3) is 11.5 Å². The van der Waals surface area contributed by atoms with Crippen LogP contribution in [-0.2, 0) is 12.0 Å². The first-order valence-corrected chi connectivity index (χ1v) is 8.61. The fourth-order valence-electron chi connectivity index (χ4n) is 2.74. The van der Waals surface area contributed by atoms with E-state index in [1.807, 2.05) is 32.2 Å². The first-order chi connectivity index (χ1) is 12.3. The third kappa shape index (κ3) is 3.69. The molecule has 0 spiro atoms. The van der Waals surface area contributed by atoms with Gasteiger partial charge in [0.05, 0.1) is 11.4 Å². The molecule has 0 bridgehead atoms. The van der Waals surface area contributed by atoms with Gasteiger partial charge in [-0.25, -0.2) is 4.98 Å². The number of rotatable bonds is 4. The highest BCUT2D eigenvalue weighted by atomic mass is 16.4. The molecular weight excluding hydrogens is 328 g/mol. The number of benzene rings is 1. The van der Waals surface area contributed by atoms with E-state index in [1.54, 1.807) is 12.1 Å². The van der Waals surface area contributed by atoms with Crippen molar-refractivity contribution >= 4 is 5.91 Å². The summed E-state index contributed by atoms with van der Waals surface area (Å²) in [6, 6.07) is 7.25. The van der Waals surface area contributed by atoms with E-state index in [0.717, 1.165) is 28.3 Å². The van der Waals surface area contributed by atoms with Crippen molar-refractivity contribution in [3.63, 3.8) is 0 Å². The number of nitrogens with zero attached hydrogens (tertiary/aromatic N) is 2. The van der Waals surface area contributed by atoms with Gasteiger partial charge in [-0.15, -0.1) is 0 Å². The quantitative estimate of drug-likeness (QED) is 0.746. The number of aromatic amines is 1. The largest absolute Gasteiger partial charge is 0.441 e. The summed E-state index contributed by atoms with van der Waals surface area (Å²) in [5.74, 6) is 1.24. The van der Waals surface area contributed by atoms with Crippen LogP contribution in [-0.4, -0.2) is 21.1 Å². The van der Waals surface area contributed by atoms with Crippen LogP contribution < -0.4 is 5.32 Å². The summed E-state index contributed by atoms with van der Waals surface area (Å²) >= 11 is 0. The van der Waals surface area contributed by atoms with Crippen LogP contribution >= 0.6 is 0 Å². The Labute approximate surface area is 153 Å². The molecule has 26 heavy (non-hydrogen) atoms. The van der Waals surface area contributed by atoms with Crippen LogP contribution in [0.2, 0.25) is 0 Å². The smallest absolute Gasteiger partial charge is 0.251 e. The Bertz CT molecular complexity index is 895. The van der Waals surface area contributed by atoms with Gasteiger partial charge in [0.1, 0.15) is 5.76 Å². The first kappa shape index (κ1) is 17.9. The summed E-state index contributed by atoms with van der Waals surface area (Å²) in [5.41, 5.74) is 4.19. The Morgan fingerprint density at radius 2 is 1.88 bits per heavy atom. The Morgan fingerprint density at radius 1 is 1.19 bits per heavy atom. The van der Waals surface area contributed by atoms with Gasteiger partial charge in [0.15, 0.2) is 0 Å². The van der Waals surface area contributed by atoms with Crippen molar-refractivity contribution in [2.45, 2.75) is 46.6 Å². The van der Waals surface area contributed by atoms with Crippen LogP contribution in [0, 0.1) is 13.8 Å². The second-order valence-corrected chi connectivity index (χ2v) is 7.43. The van der Waals surface area contributed by atoms with Crippen molar-refractivity contribution in [3.8, 4) is 11.5 Å². The Hall–Kier alpha value is -2.89. The first-order valence-electron chi connectivity index (χ1n) is 8.61. The maximum Gasteiger partial charge on any atom is 0.251 e. The summed E-state index contributed by atoms with van der Waals surface area (Å²) in [5, 5.41) is 10.1. The molecule has 0 saturated carbocycles. The van der Waals surface area contributed by atoms with Crippen LogP contribution in [0.3, 0.4) is 0 Å². The van der Waals surface area contributed by atoms with Gasteiger partial charge in [-0.3, -0.25) is 9.89 Å². The van der Waals surface area contributed by atoms with Gasteiger partial charge < -0.3 is 9.73 Å².